The highest BCUT2D eigenvalue weighted by Crippen LogP contribution is 2.04. The van der Waals surface area contributed by atoms with Crippen LogP contribution in [0.4, 0.5) is 0 Å². The second kappa shape index (κ2) is 3.56. The van der Waals surface area contributed by atoms with Gasteiger partial charge in [-0.1, -0.05) is 6.92 Å². The number of rotatable bonds is 3. The van der Waals surface area contributed by atoms with Crippen molar-refractivity contribution >= 4 is 0 Å². The fourth-order valence-corrected chi connectivity index (χ4v) is 1.27. The number of nitrogens with one attached hydrogen (secondary N) is 1. The van der Waals surface area contributed by atoms with E-state index in [1.807, 2.05) is 13.8 Å². The summed E-state index contributed by atoms with van der Waals surface area (Å²) in [6.07, 6.45) is 1.87. The highest BCUT2D eigenvalue weighted by Gasteiger charge is 2.09. The van der Waals surface area contributed by atoms with Gasteiger partial charge in [-0.2, -0.15) is 5.10 Å². The van der Waals surface area contributed by atoms with Crippen LogP contribution in [-0.2, 0) is 6.42 Å². The molecule has 0 aliphatic carbocycles. The lowest BCUT2D eigenvalue weighted by Gasteiger charge is -2.07. The van der Waals surface area contributed by atoms with Gasteiger partial charge >= 0.3 is 5.69 Å². The van der Waals surface area contributed by atoms with Crippen LogP contribution in [-0.4, -0.2) is 14.8 Å². The molecule has 1 rings (SSSR count). The summed E-state index contributed by atoms with van der Waals surface area (Å²) >= 11 is 0. The maximum absolute atomic E-state index is 11.2. The van der Waals surface area contributed by atoms with Gasteiger partial charge in [0, 0.05) is 12.5 Å². The summed E-state index contributed by atoms with van der Waals surface area (Å²) in [4.78, 5) is 11.2. The molecule has 0 radical (unpaired) electrons. The van der Waals surface area contributed by atoms with Crippen LogP contribution in [0.25, 0.3) is 0 Å². The molecule has 1 aromatic heterocycles. The Morgan fingerprint density at radius 1 is 1.58 bits per heavy atom. The first-order valence-corrected chi connectivity index (χ1v) is 4.32. The molecule has 68 valence electrons. The average molecular weight is 169 g/mol. The van der Waals surface area contributed by atoms with E-state index in [1.165, 1.54) is 0 Å². The Morgan fingerprint density at radius 2 is 2.25 bits per heavy atom. The standard InChI is InChI=1S/C8H15N3O/c1-4-5-7-9-10-8(12)11(7)6(2)3/h6H,4-5H2,1-3H3,(H,10,12). The van der Waals surface area contributed by atoms with E-state index in [-0.39, 0.29) is 11.7 Å². The molecule has 1 aromatic rings. The lowest BCUT2D eigenvalue weighted by atomic mass is 10.3. The molecular formula is C8H15N3O. The first kappa shape index (κ1) is 9.03. The number of hydrogen-bond donors (Lipinski definition) is 1. The van der Waals surface area contributed by atoms with Gasteiger partial charge in [0.2, 0.25) is 0 Å². The lowest BCUT2D eigenvalue weighted by molar-refractivity contribution is 0.548. The third-order valence-electron chi connectivity index (χ3n) is 1.77. The number of hydrogen-bond acceptors (Lipinski definition) is 2. The molecule has 0 fully saturated rings. The molecule has 4 heteroatoms. The normalized spacial score (nSPS) is 11.0. The van der Waals surface area contributed by atoms with Crippen LogP contribution in [0.5, 0.6) is 0 Å². The molecular weight excluding hydrogens is 154 g/mol. The van der Waals surface area contributed by atoms with Crippen molar-refractivity contribution in [2.45, 2.75) is 39.7 Å². The van der Waals surface area contributed by atoms with Gasteiger partial charge in [0.25, 0.3) is 0 Å². The van der Waals surface area contributed by atoms with Gasteiger partial charge < -0.3 is 0 Å². The molecule has 0 atom stereocenters. The topological polar surface area (TPSA) is 50.7 Å². The summed E-state index contributed by atoms with van der Waals surface area (Å²) in [5.41, 5.74) is -0.103. The van der Waals surface area contributed by atoms with E-state index in [4.69, 9.17) is 0 Å². The van der Waals surface area contributed by atoms with Crippen molar-refractivity contribution in [2.24, 2.45) is 0 Å². The van der Waals surface area contributed by atoms with Gasteiger partial charge in [-0.3, -0.25) is 4.57 Å². The number of aromatic nitrogens is 3. The van der Waals surface area contributed by atoms with Crippen molar-refractivity contribution in [3.05, 3.63) is 16.3 Å². The maximum Gasteiger partial charge on any atom is 0.343 e. The average Bonchev–Trinajstić information content (AvgIpc) is 2.32. The molecule has 0 aliphatic rings. The van der Waals surface area contributed by atoms with Crippen LogP contribution in [0, 0.1) is 0 Å². The molecule has 1 N–H and O–H groups in total. The molecule has 0 aliphatic heterocycles. The summed E-state index contributed by atoms with van der Waals surface area (Å²) in [6, 6.07) is 0.192. The van der Waals surface area contributed by atoms with Crippen LogP contribution < -0.4 is 5.69 Å². The number of nitrogens with zero attached hydrogens (tertiary/aromatic N) is 2. The fraction of sp³-hybridized carbons (Fsp3) is 0.750. The zero-order valence-electron chi connectivity index (χ0n) is 7.79. The second-order valence-electron chi connectivity index (χ2n) is 3.16. The van der Waals surface area contributed by atoms with Gasteiger partial charge in [0.15, 0.2) is 0 Å². The SMILES string of the molecule is CCCc1n[nH]c(=O)n1C(C)C. The number of H-pyrrole nitrogens is 1. The minimum atomic E-state index is -0.103. The van der Waals surface area contributed by atoms with Crippen molar-refractivity contribution in [3.63, 3.8) is 0 Å². The Morgan fingerprint density at radius 3 is 2.75 bits per heavy atom. The van der Waals surface area contributed by atoms with Crippen LogP contribution >= 0.6 is 0 Å². The summed E-state index contributed by atoms with van der Waals surface area (Å²) < 4.78 is 1.70. The molecule has 0 unspecified atom stereocenters. The van der Waals surface area contributed by atoms with Gasteiger partial charge in [-0.25, -0.2) is 9.89 Å². The van der Waals surface area contributed by atoms with Crippen LogP contribution in [0.15, 0.2) is 4.79 Å². The molecule has 12 heavy (non-hydrogen) atoms. The van der Waals surface area contributed by atoms with Gasteiger partial charge in [0.05, 0.1) is 0 Å². The van der Waals surface area contributed by atoms with E-state index < -0.39 is 0 Å². The predicted octanol–water partition coefficient (Wildman–Crippen LogP) is 1.10. The Bertz CT molecular complexity index is 297. The molecule has 1 heterocycles. The van der Waals surface area contributed by atoms with Gasteiger partial charge in [-0.15, -0.1) is 0 Å². The van der Waals surface area contributed by atoms with E-state index in [9.17, 15) is 4.79 Å². The van der Waals surface area contributed by atoms with E-state index in [1.54, 1.807) is 4.57 Å². The first-order chi connectivity index (χ1) is 5.66. The zero-order chi connectivity index (χ0) is 9.14. The molecule has 0 saturated heterocycles. The van der Waals surface area contributed by atoms with Crippen molar-refractivity contribution in [2.75, 3.05) is 0 Å². The quantitative estimate of drug-likeness (QED) is 0.736. The Balaban J connectivity index is 3.04. The van der Waals surface area contributed by atoms with Crippen molar-refractivity contribution < 1.29 is 0 Å². The minimum absolute atomic E-state index is 0.103. The van der Waals surface area contributed by atoms with Crippen molar-refractivity contribution in [3.8, 4) is 0 Å². The summed E-state index contributed by atoms with van der Waals surface area (Å²) in [7, 11) is 0. The summed E-state index contributed by atoms with van der Waals surface area (Å²) in [5, 5.41) is 6.41. The lowest BCUT2D eigenvalue weighted by Crippen LogP contribution is -2.20. The molecule has 0 aromatic carbocycles. The minimum Gasteiger partial charge on any atom is -0.277 e. The van der Waals surface area contributed by atoms with Crippen LogP contribution in [0.3, 0.4) is 0 Å². The maximum atomic E-state index is 11.2. The van der Waals surface area contributed by atoms with Crippen LogP contribution in [0.2, 0.25) is 0 Å². The molecule has 0 bridgehead atoms. The van der Waals surface area contributed by atoms with E-state index in [0.29, 0.717) is 0 Å². The monoisotopic (exact) mass is 169 g/mol. The predicted molar refractivity (Wildman–Crippen MR) is 47.2 cm³/mol. The third kappa shape index (κ3) is 1.57. The van der Waals surface area contributed by atoms with Crippen LogP contribution in [0.1, 0.15) is 39.1 Å². The highest BCUT2D eigenvalue weighted by atomic mass is 16.1. The third-order valence-corrected chi connectivity index (χ3v) is 1.77. The zero-order valence-corrected chi connectivity index (χ0v) is 7.79. The molecule has 0 saturated carbocycles. The van der Waals surface area contributed by atoms with Gasteiger partial charge in [0.1, 0.15) is 5.82 Å². The summed E-state index contributed by atoms with van der Waals surface area (Å²) in [6.45, 7) is 6.04. The fourth-order valence-electron chi connectivity index (χ4n) is 1.27. The van der Waals surface area contributed by atoms with E-state index >= 15 is 0 Å². The van der Waals surface area contributed by atoms with E-state index in [0.717, 1.165) is 18.7 Å². The summed E-state index contributed by atoms with van der Waals surface area (Å²) in [5.74, 6) is 0.859. The molecule has 0 amide bonds. The smallest absolute Gasteiger partial charge is 0.277 e. The Hall–Kier alpha value is -1.06. The second-order valence-corrected chi connectivity index (χ2v) is 3.16. The van der Waals surface area contributed by atoms with Crippen molar-refractivity contribution in [1.82, 2.24) is 14.8 Å². The Labute approximate surface area is 71.6 Å². The number of aryl methyl sites for hydroxylation is 1. The largest absolute Gasteiger partial charge is 0.343 e. The Kier molecular flexibility index (Phi) is 2.68. The first-order valence-electron chi connectivity index (χ1n) is 4.32. The highest BCUT2D eigenvalue weighted by molar-refractivity contribution is 4.88. The van der Waals surface area contributed by atoms with E-state index in [2.05, 4.69) is 17.1 Å². The molecule has 4 nitrogen and oxygen atoms in total. The molecule has 0 spiro atoms. The number of aromatic amines is 1. The van der Waals surface area contributed by atoms with Crippen molar-refractivity contribution in [1.29, 1.82) is 0 Å². The van der Waals surface area contributed by atoms with Gasteiger partial charge in [-0.05, 0) is 20.3 Å².